The van der Waals surface area contributed by atoms with Gasteiger partial charge in [0.15, 0.2) is 5.49 Å². The summed E-state index contributed by atoms with van der Waals surface area (Å²) in [6, 6.07) is 17.6. The van der Waals surface area contributed by atoms with Crippen molar-refractivity contribution >= 4 is 5.97 Å². The highest BCUT2D eigenvalue weighted by molar-refractivity contribution is 5.68. The van der Waals surface area contributed by atoms with E-state index in [9.17, 15) is 15.1 Å². The summed E-state index contributed by atoms with van der Waals surface area (Å²) >= 11 is 0. The van der Waals surface area contributed by atoms with Crippen molar-refractivity contribution in [2.75, 3.05) is 13.2 Å². The molecule has 0 saturated heterocycles. The van der Waals surface area contributed by atoms with Crippen molar-refractivity contribution in [3.8, 4) is 5.75 Å². The maximum atomic E-state index is 11.5. The zero-order chi connectivity index (χ0) is 22.5. The van der Waals surface area contributed by atoms with Gasteiger partial charge in [0.1, 0.15) is 5.75 Å². The van der Waals surface area contributed by atoms with Crippen LogP contribution in [0.5, 0.6) is 5.75 Å². The second-order valence-corrected chi connectivity index (χ2v) is 8.24. The van der Waals surface area contributed by atoms with Crippen molar-refractivity contribution < 1.29 is 19.8 Å². The number of aliphatic carboxylic acids is 1. The minimum absolute atomic E-state index is 0.0238. The fraction of sp³-hybridized carbons (Fsp3) is 0.308. The third-order valence-electron chi connectivity index (χ3n) is 5.98. The van der Waals surface area contributed by atoms with E-state index in [1.165, 1.54) is 22.3 Å². The fourth-order valence-corrected chi connectivity index (χ4v) is 4.36. The molecule has 3 aromatic rings. The Hall–Kier alpha value is -3.54. The van der Waals surface area contributed by atoms with Crippen LogP contribution >= 0.6 is 0 Å². The van der Waals surface area contributed by atoms with E-state index in [1.54, 1.807) is 18.3 Å². The molecule has 6 heteroatoms. The Morgan fingerprint density at radius 1 is 1.16 bits per heavy atom. The summed E-state index contributed by atoms with van der Waals surface area (Å²) in [6.07, 6.45) is 3.91. The Morgan fingerprint density at radius 2 is 2.03 bits per heavy atom. The van der Waals surface area contributed by atoms with E-state index in [0.29, 0.717) is 18.6 Å². The predicted octanol–water partition coefficient (Wildman–Crippen LogP) is 4.11. The molecule has 1 unspecified atom stereocenters. The van der Waals surface area contributed by atoms with Gasteiger partial charge in [-0.1, -0.05) is 30.3 Å². The molecule has 1 aliphatic carbocycles. The second-order valence-electron chi connectivity index (χ2n) is 8.24. The van der Waals surface area contributed by atoms with Crippen LogP contribution in [0.2, 0.25) is 0 Å². The summed E-state index contributed by atoms with van der Waals surface area (Å²) < 4.78 is 6.97. The molecular formula is C26H28N2O4. The van der Waals surface area contributed by atoms with Crippen molar-refractivity contribution in [2.45, 2.75) is 38.5 Å². The number of carboxylic acids is 1. The topological polar surface area (TPSA) is 84.0 Å². The lowest BCUT2D eigenvalue weighted by molar-refractivity contribution is -0.137. The third kappa shape index (κ3) is 5.02. The van der Waals surface area contributed by atoms with Gasteiger partial charge >= 0.3 is 5.97 Å². The number of ether oxygens (including phenoxy) is 1. The molecule has 4 rings (SSSR count). The number of benzene rings is 2. The number of nitrogens with zero attached hydrogens (tertiary/aromatic N) is 2. The molecule has 32 heavy (non-hydrogen) atoms. The number of rotatable bonds is 7. The first kappa shape index (κ1) is 21.7. The lowest BCUT2D eigenvalue weighted by atomic mass is 9.87. The van der Waals surface area contributed by atoms with E-state index in [-0.39, 0.29) is 12.3 Å². The van der Waals surface area contributed by atoms with Crippen LogP contribution < -0.4 is 10.2 Å². The van der Waals surface area contributed by atoms with Crippen molar-refractivity contribution in [3.05, 3.63) is 94.1 Å². The van der Waals surface area contributed by atoms with Gasteiger partial charge in [-0.05, 0) is 77.8 Å². The highest BCUT2D eigenvalue weighted by atomic mass is 16.5. The first-order valence-electron chi connectivity index (χ1n) is 10.9. The molecular weight excluding hydrogens is 404 g/mol. The van der Waals surface area contributed by atoms with Crippen molar-refractivity contribution in [3.63, 3.8) is 0 Å². The van der Waals surface area contributed by atoms with Crippen LogP contribution in [-0.4, -0.2) is 34.2 Å². The summed E-state index contributed by atoms with van der Waals surface area (Å²) in [5.41, 5.74) is 6.47. The molecule has 2 N–H and O–H groups in total. The molecule has 166 valence electrons. The Morgan fingerprint density at radius 3 is 2.84 bits per heavy atom. The molecule has 6 nitrogen and oxygen atoms in total. The zero-order valence-corrected chi connectivity index (χ0v) is 18.2. The van der Waals surface area contributed by atoms with Gasteiger partial charge in [-0.25, -0.2) is 0 Å². The van der Waals surface area contributed by atoms with E-state index in [0.717, 1.165) is 35.3 Å². The van der Waals surface area contributed by atoms with Crippen LogP contribution in [-0.2, 0) is 17.6 Å². The molecule has 0 bridgehead atoms. The number of pyridine rings is 1. The number of hydrogen-bond acceptors (Lipinski definition) is 4. The molecule has 0 spiro atoms. The van der Waals surface area contributed by atoms with Crippen molar-refractivity contribution in [1.29, 1.82) is 0 Å². The molecule has 1 aromatic heterocycles. The standard InChI is InChI=1S/C26H28N2O4/c1-18-6-4-7-23-21(17-26(29)30)14-19-9-10-22(15-20(19)16-24(18)23)32-13-5-11-27-25-8-2-3-12-28(25)31/h2-4,6-10,12,15,21,31H,5,11,13-14,16-17H2,1H3,(H,29,30). The Bertz CT molecular complexity index is 1180. The number of aromatic nitrogens is 1. The second kappa shape index (κ2) is 9.73. The first-order valence-corrected chi connectivity index (χ1v) is 10.9. The van der Waals surface area contributed by atoms with Crippen LogP contribution in [0.4, 0.5) is 0 Å². The highest BCUT2D eigenvalue weighted by Gasteiger charge is 2.25. The SMILES string of the molecule is Cc1cccc2c1Cc1cc(OCCCN=c3ccccn3O)ccc1CC2CC(=O)O. The molecule has 1 aliphatic rings. The Balaban J connectivity index is 1.46. The van der Waals surface area contributed by atoms with Gasteiger partial charge in [0.2, 0.25) is 0 Å². The molecule has 0 fully saturated rings. The molecule has 1 atom stereocenters. The monoisotopic (exact) mass is 432 g/mol. The highest BCUT2D eigenvalue weighted by Crippen LogP contribution is 2.36. The average Bonchev–Trinajstić information content (AvgIpc) is 2.91. The maximum absolute atomic E-state index is 11.5. The average molecular weight is 433 g/mol. The van der Waals surface area contributed by atoms with Gasteiger partial charge in [-0.15, -0.1) is 0 Å². The van der Waals surface area contributed by atoms with Gasteiger partial charge < -0.3 is 15.1 Å². The number of carboxylic acid groups (broad SMARTS) is 1. The van der Waals surface area contributed by atoms with Crippen LogP contribution in [0.3, 0.4) is 0 Å². The van der Waals surface area contributed by atoms with Gasteiger partial charge in [-0.3, -0.25) is 9.79 Å². The summed E-state index contributed by atoms with van der Waals surface area (Å²) in [5.74, 6) is 0.0234. The maximum Gasteiger partial charge on any atom is 0.303 e. The van der Waals surface area contributed by atoms with E-state index >= 15 is 0 Å². The van der Waals surface area contributed by atoms with Crippen LogP contribution in [0.25, 0.3) is 0 Å². The molecule has 1 heterocycles. The minimum atomic E-state index is -0.765. The summed E-state index contributed by atoms with van der Waals surface area (Å²) in [7, 11) is 0. The predicted molar refractivity (Wildman–Crippen MR) is 121 cm³/mol. The van der Waals surface area contributed by atoms with Gasteiger partial charge in [0, 0.05) is 19.2 Å². The van der Waals surface area contributed by atoms with Gasteiger partial charge in [0.05, 0.1) is 13.0 Å². The fourth-order valence-electron chi connectivity index (χ4n) is 4.36. The first-order chi connectivity index (χ1) is 15.5. The largest absolute Gasteiger partial charge is 0.494 e. The molecule has 0 amide bonds. The Kier molecular flexibility index (Phi) is 6.59. The summed E-state index contributed by atoms with van der Waals surface area (Å²) in [4.78, 5) is 15.8. The molecule has 0 radical (unpaired) electrons. The van der Waals surface area contributed by atoms with Crippen LogP contribution in [0.15, 0.2) is 65.8 Å². The summed E-state index contributed by atoms with van der Waals surface area (Å²) in [6.45, 7) is 3.17. The van der Waals surface area contributed by atoms with Crippen molar-refractivity contribution in [2.24, 2.45) is 4.99 Å². The van der Waals surface area contributed by atoms with Crippen LogP contribution in [0, 0.1) is 6.92 Å². The van der Waals surface area contributed by atoms with Crippen LogP contribution in [0.1, 0.15) is 46.6 Å². The molecule has 2 aromatic carbocycles. The normalized spacial score (nSPS) is 15.5. The minimum Gasteiger partial charge on any atom is -0.494 e. The lowest BCUT2D eigenvalue weighted by Crippen LogP contribution is -2.17. The number of fused-ring (bicyclic) bond motifs is 2. The molecule has 0 saturated carbocycles. The van der Waals surface area contributed by atoms with Crippen molar-refractivity contribution in [1.82, 2.24) is 4.73 Å². The quantitative estimate of drug-likeness (QED) is 0.435. The van der Waals surface area contributed by atoms with Gasteiger partial charge in [0.25, 0.3) is 0 Å². The van der Waals surface area contributed by atoms with E-state index in [1.807, 2.05) is 18.2 Å². The zero-order valence-electron chi connectivity index (χ0n) is 18.2. The number of aryl methyl sites for hydroxylation is 1. The van der Waals surface area contributed by atoms with E-state index < -0.39 is 5.97 Å². The molecule has 0 aliphatic heterocycles. The number of hydrogen-bond donors (Lipinski definition) is 2. The van der Waals surface area contributed by atoms with Gasteiger partial charge in [-0.2, -0.15) is 4.73 Å². The third-order valence-corrected chi connectivity index (χ3v) is 5.98. The van der Waals surface area contributed by atoms with E-state index in [2.05, 4.69) is 36.2 Å². The van der Waals surface area contributed by atoms with E-state index in [4.69, 9.17) is 4.74 Å². The summed E-state index contributed by atoms with van der Waals surface area (Å²) in [5, 5.41) is 19.1. The smallest absolute Gasteiger partial charge is 0.303 e. The Labute approximate surface area is 187 Å². The lowest BCUT2D eigenvalue weighted by Gasteiger charge is -2.17. The number of carbonyl (C=O) groups is 1.